The zero-order chi connectivity index (χ0) is 15.0. The van der Waals surface area contributed by atoms with Crippen LogP contribution in [0.3, 0.4) is 0 Å². The van der Waals surface area contributed by atoms with Gasteiger partial charge in [0.15, 0.2) is 4.34 Å². The van der Waals surface area contributed by atoms with Crippen molar-refractivity contribution in [2.45, 2.75) is 21.6 Å². The molecule has 2 rings (SSSR count). The van der Waals surface area contributed by atoms with Gasteiger partial charge in [0.1, 0.15) is 0 Å². The van der Waals surface area contributed by atoms with E-state index in [1.165, 1.54) is 12.1 Å². The average Bonchev–Trinajstić information content (AvgIpc) is 2.76. The number of hydrogen-bond donors (Lipinski definition) is 0. The van der Waals surface area contributed by atoms with E-state index in [0.29, 0.717) is 11.8 Å². The number of nitrogens with zero attached hydrogens (tertiary/aromatic N) is 2. The molecule has 2 aromatic rings. The van der Waals surface area contributed by atoms with Crippen LogP contribution in [-0.4, -0.2) is 10.2 Å². The molecule has 0 aliphatic rings. The number of halogens is 6. The van der Waals surface area contributed by atoms with Gasteiger partial charge in [-0.05, 0) is 18.2 Å². The Labute approximate surface area is 116 Å². The van der Waals surface area contributed by atoms with E-state index in [2.05, 4.69) is 10.2 Å². The second kappa shape index (κ2) is 5.24. The fraction of sp³-hybridized carbons (Fsp3) is 0.200. The van der Waals surface area contributed by atoms with Crippen LogP contribution in [0, 0.1) is 0 Å². The summed E-state index contributed by atoms with van der Waals surface area (Å²) in [5.41, 5.74) is -0.872. The third-order valence-corrected chi connectivity index (χ3v) is 4.02. The van der Waals surface area contributed by atoms with E-state index < -0.39 is 22.9 Å². The molecule has 1 heterocycles. The highest BCUT2D eigenvalue weighted by molar-refractivity contribution is 8.01. The molecule has 0 unspecified atom stereocenters. The van der Waals surface area contributed by atoms with Gasteiger partial charge in [0.25, 0.3) is 0 Å². The predicted molar refractivity (Wildman–Crippen MR) is 60.5 cm³/mol. The highest BCUT2D eigenvalue weighted by atomic mass is 32.2. The van der Waals surface area contributed by atoms with Crippen LogP contribution in [0.1, 0.15) is 10.6 Å². The van der Waals surface area contributed by atoms with Crippen LogP contribution in [0.4, 0.5) is 26.3 Å². The molecule has 0 bridgehead atoms. The summed E-state index contributed by atoms with van der Waals surface area (Å²) in [5.74, 6) is 0. The molecule has 20 heavy (non-hydrogen) atoms. The fourth-order valence-electron chi connectivity index (χ4n) is 1.20. The van der Waals surface area contributed by atoms with Crippen molar-refractivity contribution in [2.75, 3.05) is 0 Å². The van der Waals surface area contributed by atoms with Crippen molar-refractivity contribution in [1.29, 1.82) is 0 Å². The summed E-state index contributed by atoms with van der Waals surface area (Å²) in [4.78, 5) is 0.143. The van der Waals surface area contributed by atoms with Crippen molar-refractivity contribution in [1.82, 2.24) is 10.2 Å². The summed E-state index contributed by atoms with van der Waals surface area (Å²) in [7, 11) is 0. The van der Waals surface area contributed by atoms with Gasteiger partial charge in [-0.1, -0.05) is 29.2 Å². The van der Waals surface area contributed by atoms with Gasteiger partial charge in [-0.25, -0.2) is 0 Å². The lowest BCUT2D eigenvalue weighted by Gasteiger charge is -2.07. The van der Waals surface area contributed by atoms with Crippen LogP contribution >= 0.6 is 23.1 Å². The molecule has 1 aromatic heterocycles. The van der Waals surface area contributed by atoms with Crippen LogP contribution in [0.25, 0.3) is 0 Å². The van der Waals surface area contributed by atoms with Crippen LogP contribution in [0.15, 0.2) is 33.5 Å². The summed E-state index contributed by atoms with van der Waals surface area (Å²) in [6.07, 6.45) is -9.11. The van der Waals surface area contributed by atoms with Gasteiger partial charge in [-0.15, -0.1) is 10.2 Å². The van der Waals surface area contributed by atoms with E-state index in [9.17, 15) is 26.3 Å². The van der Waals surface area contributed by atoms with Crippen molar-refractivity contribution >= 4 is 23.1 Å². The molecule has 2 nitrogen and oxygen atoms in total. The zero-order valence-electron chi connectivity index (χ0n) is 9.29. The van der Waals surface area contributed by atoms with Crippen LogP contribution in [-0.2, 0) is 12.4 Å². The van der Waals surface area contributed by atoms with Gasteiger partial charge in [-0.3, -0.25) is 0 Å². The van der Waals surface area contributed by atoms with Crippen molar-refractivity contribution in [2.24, 2.45) is 0 Å². The highest BCUT2D eigenvalue weighted by Crippen LogP contribution is 2.38. The summed E-state index contributed by atoms with van der Waals surface area (Å²) in [5, 5.41) is 5.12. The number of rotatable bonds is 2. The molecule has 1 aromatic carbocycles. The number of hydrogen-bond acceptors (Lipinski definition) is 4. The molecular formula is C10H4F6N2S2. The van der Waals surface area contributed by atoms with Gasteiger partial charge in [-0.2, -0.15) is 26.3 Å². The molecule has 0 radical (unpaired) electrons. The van der Waals surface area contributed by atoms with E-state index in [0.717, 1.165) is 12.1 Å². The van der Waals surface area contributed by atoms with Crippen molar-refractivity contribution in [3.05, 3.63) is 34.8 Å². The van der Waals surface area contributed by atoms with Crippen molar-refractivity contribution in [3.63, 3.8) is 0 Å². The van der Waals surface area contributed by atoms with Crippen LogP contribution in [0.5, 0.6) is 0 Å². The Kier molecular flexibility index (Phi) is 3.96. The molecule has 0 spiro atoms. The Bertz CT molecular complexity index is 604. The Morgan fingerprint density at radius 3 is 2.20 bits per heavy atom. The van der Waals surface area contributed by atoms with E-state index in [-0.39, 0.29) is 20.6 Å². The smallest absolute Gasteiger partial charge is 0.166 e. The third kappa shape index (κ3) is 3.63. The first-order valence-corrected chi connectivity index (χ1v) is 6.55. The van der Waals surface area contributed by atoms with Gasteiger partial charge >= 0.3 is 12.4 Å². The molecule has 108 valence electrons. The zero-order valence-corrected chi connectivity index (χ0v) is 10.9. The van der Waals surface area contributed by atoms with Gasteiger partial charge in [0.05, 0.1) is 5.56 Å². The first-order chi connectivity index (χ1) is 9.16. The van der Waals surface area contributed by atoms with E-state index >= 15 is 0 Å². The summed E-state index contributed by atoms with van der Waals surface area (Å²) >= 11 is 0.982. The predicted octanol–water partition coefficient (Wildman–Crippen LogP) is 4.73. The van der Waals surface area contributed by atoms with E-state index in [1.807, 2.05) is 0 Å². The topological polar surface area (TPSA) is 25.8 Å². The monoisotopic (exact) mass is 330 g/mol. The van der Waals surface area contributed by atoms with Gasteiger partial charge < -0.3 is 0 Å². The largest absolute Gasteiger partial charge is 0.445 e. The molecule has 0 atom stereocenters. The summed E-state index contributed by atoms with van der Waals surface area (Å²) in [6, 6.07) is 4.26. The van der Waals surface area contributed by atoms with Gasteiger partial charge in [0, 0.05) is 4.90 Å². The molecule has 0 N–H and O–H groups in total. The number of benzene rings is 1. The molecule has 0 saturated carbocycles. The minimum atomic E-state index is -4.61. The lowest BCUT2D eigenvalue weighted by Crippen LogP contribution is -2.04. The maximum Gasteiger partial charge on any atom is 0.445 e. The SMILES string of the molecule is FC(F)(F)c1cccc(Sc2nnc(C(F)(F)F)s2)c1. The normalized spacial score (nSPS) is 12.7. The Morgan fingerprint density at radius 1 is 0.950 bits per heavy atom. The van der Waals surface area contributed by atoms with Crippen LogP contribution < -0.4 is 0 Å². The van der Waals surface area contributed by atoms with Gasteiger partial charge in [0.2, 0.25) is 5.01 Å². The Morgan fingerprint density at radius 2 is 1.65 bits per heavy atom. The molecule has 0 aliphatic carbocycles. The molecule has 0 fully saturated rings. The standard InChI is InChI=1S/C10H4F6N2S2/c11-9(12,13)5-2-1-3-6(4-5)19-8-18-17-7(20-8)10(14,15)16/h1-4H. The van der Waals surface area contributed by atoms with E-state index in [1.54, 1.807) is 0 Å². The number of alkyl halides is 6. The summed E-state index contributed by atoms with van der Waals surface area (Å²) < 4.78 is 74.3. The molecule has 0 saturated heterocycles. The quantitative estimate of drug-likeness (QED) is 0.745. The second-order valence-electron chi connectivity index (χ2n) is 3.50. The molecule has 0 amide bonds. The average molecular weight is 330 g/mol. The maximum absolute atomic E-state index is 12.5. The first kappa shape index (κ1) is 15.1. The third-order valence-electron chi connectivity index (χ3n) is 2.02. The Hall–Kier alpha value is -1.29. The molecule has 10 heteroatoms. The molecule has 0 aliphatic heterocycles. The summed E-state index contributed by atoms with van der Waals surface area (Å²) in [6.45, 7) is 0. The maximum atomic E-state index is 12.5. The molecular weight excluding hydrogens is 326 g/mol. The lowest BCUT2D eigenvalue weighted by atomic mass is 10.2. The lowest BCUT2D eigenvalue weighted by molar-refractivity contribution is -0.138. The fourth-order valence-corrected chi connectivity index (χ4v) is 2.95. The second-order valence-corrected chi connectivity index (χ2v) is 5.80. The van der Waals surface area contributed by atoms with Crippen LogP contribution in [0.2, 0.25) is 0 Å². The van der Waals surface area contributed by atoms with E-state index in [4.69, 9.17) is 0 Å². The minimum absolute atomic E-state index is 0.0725. The van der Waals surface area contributed by atoms with Crippen molar-refractivity contribution < 1.29 is 26.3 Å². The highest BCUT2D eigenvalue weighted by Gasteiger charge is 2.36. The first-order valence-electron chi connectivity index (χ1n) is 4.92. The number of aromatic nitrogens is 2. The Balaban J connectivity index is 2.20. The minimum Gasteiger partial charge on any atom is -0.166 e. The van der Waals surface area contributed by atoms with Crippen molar-refractivity contribution in [3.8, 4) is 0 Å².